The van der Waals surface area contributed by atoms with Crippen LogP contribution in [-0.4, -0.2) is 46.5 Å². The molecule has 0 spiro atoms. The van der Waals surface area contributed by atoms with Gasteiger partial charge in [-0.15, -0.1) is 0 Å². The number of hydrogen-bond donors (Lipinski definition) is 0. The normalized spacial score (nSPS) is 15.5. The van der Waals surface area contributed by atoms with Crippen molar-refractivity contribution in [1.82, 2.24) is 9.88 Å². The van der Waals surface area contributed by atoms with Gasteiger partial charge in [0.05, 0.1) is 12.7 Å². The topological polar surface area (TPSA) is 68.7 Å². The number of halogens is 2. The van der Waals surface area contributed by atoms with E-state index in [1.807, 2.05) is 0 Å². The Labute approximate surface area is 247 Å². The Bertz CT molecular complexity index is 1440. The van der Waals surface area contributed by atoms with Gasteiger partial charge in [-0.1, -0.05) is 12.1 Å². The first-order valence-electron chi connectivity index (χ1n) is 14.4. The number of aromatic nitrogens is 1. The molecule has 0 radical (unpaired) electrons. The van der Waals surface area contributed by atoms with E-state index in [2.05, 4.69) is 37.6 Å². The van der Waals surface area contributed by atoms with Crippen LogP contribution in [0.4, 0.5) is 8.78 Å². The van der Waals surface area contributed by atoms with Crippen LogP contribution >= 0.6 is 0 Å². The number of alkyl halides is 1. The standard InChI is InChI=1S/C34H40F2N2O4/c1-20(2)38(21(3)4)19-26-16-29(30(35)18-28(26)24-13-14-37-31(17-24)41-7)33(40)42-27-10-8-9-25(15-27)32(23-11-12-23)34(6,36)22(5)39/h8-10,13-18,20-21,23,32H,11-12,19H2,1-7H3/t32-,34-/m0/s1. The minimum atomic E-state index is -2.05. The number of esters is 1. The summed E-state index contributed by atoms with van der Waals surface area (Å²) >= 11 is 0. The molecule has 42 heavy (non-hydrogen) atoms. The summed E-state index contributed by atoms with van der Waals surface area (Å²) in [5, 5.41) is 0. The third kappa shape index (κ3) is 6.86. The fraction of sp³-hybridized carbons (Fsp3) is 0.441. The Morgan fingerprint density at radius 2 is 1.76 bits per heavy atom. The van der Waals surface area contributed by atoms with Crippen LogP contribution in [-0.2, 0) is 11.3 Å². The van der Waals surface area contributed by atoms with Crippen LogP contribution < -0.4 is 9.47 Å². The van der Waals surface area contributed by atoms with Crippen LogP contribution in [0.15, 0.2) is 54.7 Å². The fourth-order valence-corrected chi connectivity index (χ4v) is 5.63. The molecule has 0 saturated heterocycles. The van der Waals surface area contributed by atoms with E-state index in [4.69, 9.17) is 9.47 Å². The number of pyridine rings is 1. The molecule has 4 rings (SSSR count). The van der Waals surface area contributed by atoms with Crippen molar-refractivity contribution < 1.29 is 27.8 Å². The second kappa shape index (κ2) is 12.7. The first kappa shape index (κ1) is 31.3. The summed E-state index contributed by atoms with van der Waals surface area (Å²) in [6.45, 7) is 11.4. The zero-order valence-corrected chi connectivity index (χ0v) is 25.4. The Hall–Kier alpha value is -3.65. The SMILES string of the molecule is COc1cc(-c2cc(F)c(C(=O)Oc3cccc([C@H](C4CC4)[C@@](C)(F)C(C)=O)c3)cc2CN(C(C)C)C(C)C)ccn1. The van der Waals surface area contributed by atoms with E-state index in [-0.39, 0.29) is 29.3 Å². The minimum Gasteiger partial charge on any atom is -0.481 e. The Morgan fingerprint density at radius 1 is 1.07 bits per heavy atom. The maximum absolute atomic E-state index is 15.6. The van der Waals surface area contributed by atoms with Gasteiger partial charge in [-0.2, -0.15) is 0 Å². The molecule has 2 aromatic carbocycles. The number of ketones is 1. The number of ether oxygens (including phenoxy) is 2. The van der Waals surface area contributed by atoms with Crippen molar-refractivity contribution in [3.63, 3.8) is 0 Å². The highest BCUT2D eigenvalue weighted by atomic mass is 19.1. The number of carbonyl (C=O) groups excluding carboxylic acids is 2. The van der Waals surface area contributed by atoms with Gasteiger partial charge in [0, 0.05) is 36.8 Å². The van der Waals surface area contributed by atoms with Gasteiger partial charge in [0.15, 0.2) is 11.5 Å². The Kier molecular flexibility index (Phi) is 9.46. The van der Waals surface area contributed by atoms with Crippen molar-refractivity contribution in [2.45, 2.75) is 84.6 Å². The molecule has 1 heterocycles. The quantitative estimate of drug-likeness (QED) is 0.163. The van der Waals surface area contributed by atoms with Gasteiger partial charge in [0.2, 0.25) is 5.88 Å². The zero-order valence-electron chi connectivity index (χ0n) is 25.4. The molecule has 1 aromatic heterocycles. The molecule has 1 aliphatic carbocycles. The summed E-state index contributed by atoms with van der Waals surface area (Å²) in [6, 6.07) is 13.3. The predicted octanol–water partition coefficient (Wildman–Crippen LogP) is 7.55. The van der Waals surface area contributed by atoms with Crippen LogP contribution in [0.25, 0.3) is 11.1 Å². The van der Waals surface area contributed by atoms with Gasteiger partial charge in [0.1, 0.15) is 11.6 Å². The van der Waals surface area contributed by atoms with Gasteiger partial charge in [-0.3, -0.25) is 9.69 Å². The Morgan fingerprint density at radius 3 is 2.36 bits per heavy atom. The lowest BCUT2D eigenvalue weighted by Crippen LogP contribution is -2.36. The van der Waals surface area contributed by atoms with Gasteiger partial charge >= 0.3 is 5.97 Å². The third-order valence-electron chi connectivity index (χ3n) is 8.14. The molecule has 2 atom stereocenters. The van der Waals surface area contributed by atoms with E-state index in [0.29, 0.717) is 29.1 Å². The maximum Gasteiger partial charge on any atom is 0.346 e. The van der Waals surface area contributed by atoms with Gasteiger partial charge < -0.3 is 9.47 Å². The molecule has 0 amide bonds. The third-order valence-corrected chi connectivity index (χ3v) is 8.14. The number of hydrogen-bond acceptors (Lipinski definition) is 6. The summed E-state index contributed by atoms with van der Waals surface area (Å²) in [4.78, 5) is 31.9. The van der Waals surface area contributed by atoms with Crippen LogP contribution in [0, 0.1) is 11.7 Å². The molecular formula is C34H40F2N2O4. The van der Waals surface area contributed by atoms with Crippen molar-refractivity contribution in [2.75, 3.05) is 7.11 Å². The highest BCUT2D eigenvalue weighted by Crippen LogP contribution is 2.50. The second-order valence-electron chi connectivity index (χ2n) is 11.8. The largest absolute Gasteiger partial charge is 0.481 e. The highest BCUT2D eigenvalue weighted by molar-refractivity contribution is 5.92. The molecule has 3 aromatic rings. The van der Waals surface area contributed by atoms with Crippen LogP contribution in [0.1, 0.15) is 81.8 Å². The van der Waals surface area contributed by atoms with Crippen molar-refractivity contribution in [3.05, 3.63) is 77.2 Å². The lowest BCUT2D eigenvalue weighted by Gasteiger charge is -2.31. The average Bonchev–Trinajstić information content (AvgIpc) is 3.76. The molecule has 6 nitrogen and oxygen atoms in total. The first-order chi connectivity index (χ1) is 19.8. The molecule has 8 heteroatoms. The number of benzene rings is 2. The average molecular weight is 579 g/mol. The molecule has 0 unspecified atom stereocenters. The molecule has 1 aliphatic rings. The number of Topliss-reactive ketones (excluding diaryl/α,β-unsaturated/α-hetero) is 1. The Balaban J connectivity index is 1.71. The van der Waals surface area contributed by atoms with E-state index in [9.17, 15) is 9.59 Å². The molecule has 0 aliphatic heterocycles. The zero-order chi connectivity index (χ0) is 30.8. The molecule has 224 valence electrons. The fourth-order valence-electron chi connectivity index (χ4n) is 5.63. The first-order valence-corrected chi connectivity index (χ1v) is 14.4. The second-order valence-corrected chi connectivity index (χ2v) is 11.8. The lowest BCUT2D eigenvalue weighted by atomic mass is 9.79. The molecule has 0 N–H and O–H groups in total. The molecule has 0 bridgehead atoms. The van der Waals surface area contributed by atoms with E-state index in [1.54, 1.807) is 48.7 Å². The van der Waals surface area contributed by atoms with E-state index in [1.165, 1.54) is 27.0 Å². The van der Waals surface area contributed by atoms with E-state index >= 15 is 8.78 Å². The molecule has 1 saturated carbocycles. The number of rotatable bonds is 12. The maximum atomic E-state index is 15.6. The number of nitrogens with zero attached hydrogens (tertiary/aromatic N) is 2. The minimum absolute atomic E-state index is 0.0408. The summed E-state index contributed by atoms with van der Waals surface area (Å²) in [5.41, 5.74) is 0.408. The summed E-state index contributed by atoms with van der Waals surface area (Å²) in [5.74, 6) is -2.17. The summed E-state index contributed by atoms with van der Waals surface area (Å²) < 4.78 is 42.1. The lowest BCUT2D eigenvalue weighted by molar-refractivity contribution is -0.129. The van der Waals surface area contributed by atoms with E-state index in [0.717, 1.165) is 18.4 Å². The summed E-state index contributed by atoms with van der Waals surface area (Å²) in [6.07, 6.45) is 3.25. The van der Waals surface area contributed by atoms with Crippen molar-refractivity contribution in [1.29, 1.82) is 0 Å². The monoisotopic (exact) mass is 578 g/mol. The predicted molar refractivity (Wildman–Crippen MR) is 159 cm³/mol. The van der Waals surface area contributed by atoms with Gasteiger partial charge in [-0.05, 0) is 113 Å². The highest BCUT2D eigenvalue weighted by Gasteiger charge is 2.48. The summed E-state index contributed by atoms with van der Waals surface area (Å²) in [7, 11) is 1.52. The van der Waals surface area contributed by atoms with Crippen molar-refractivity contribution in [3.8, 4) is 22.8 Å². The molecule has 1 fully saturated rings. The number of carbonyl (C=O) groups is 2. The van der Waals surface area contributed by atoms with Gasteiger partial charge in [0.25, 0.3) is 0 Å². The van der Waals surface area contributed by atoms with Crippen LogP contribution in [0.3, 0.4) is 0 Å². The van der Waals surface area contributed by atoms with Crippen LogP contribution in [0.5, 0.6) is 11.6 Å². The van der Waals surface area contributed by atoms with Crippen molar-refractivity contribution >= 4 is 11.8 Å². The smallest absolute Gasteiger partial charge is 0.346 e. The van der Waals surface area contributed by atoms with Crippen LogP contribution in [0.2, 0.25) is 0 Å². The molecular weight excluding hydrogens is 538 g/mol. The number of methoxy groups -OCH3 is 1. The van der Waals surface area contributed by atoms with Gasteiger partial charge in [-0.25, -0.2) is 18.6 Å². The van der Waals surface area contributed by atoms with Crippen molar-refractivity contribution in [2.24, 2.45) is 5.92 Å². The van der Waals surface area contributed by atoms with E-state index < -0.39 is 29.2 Å².